The van der Waals surface area contributed by atoms with Crippen molar-refractivity contribution in [3.05, 3.63) is 70.9 Å². The van der Waals surface area contributed by atoms with Crippen molar-refractivity contribution >= 4 is 22.8 Å². The van der Waals surface area contributed by atoms with Crippen molar-refractivity contribution < 1.29 is 14.3 Å². The van der Waals surface area contributed by atoms with Crippen LogP contribution in [-0.2, 0) is 16.1 Å². The van der Waals surface area contributed by atoms with Crippen LogP contribution in [0.1, 0.15) is 27.2 Å². The second kappa shape index (κ2) is 7.44. The molecule has 3 rings (SSSR count). The van der Waals surface area contributed by atoms with Crippen molar-refractivity contribution in [2.24, 2.45) is 0 Å². The number of ether oxygens (including phenoxy) is 1. The van der Waals surface area contributed by atoms with Gasteiger partial charge in [0.1, 0.15) is 5.69 Å². The lowest BCUT2D eigenvalue weighted by Crippen LogP contribution is -2.31. The van der Waals surface area contributed by atoms with Crippen LogP contribution in [0, 0.1) is 13.8 Å². The van der Waals surface area contributed by atoms with Gasteiger partial charge in [-0.1, -0.05) is 42.0 Å². The summed E-state index contributed by atoms with van der Waals surface area (Å²) in [6.07, 6.45) is 0. The first-order valence-electron chi connectivity index (χ1n) is 8.49. The first-order valence-corrected chi connectivity index (χ1v) is 8.49. The van der Waals surface area contributed by atoms with Crippen LogP contribution in [0.25, 0.3) is 10.9 Å². The molecule has 1 N–H and O–H groups in total. The van der Waals surface area contributed by atoms with Crippen LogP contribution < -0.4 is 0 Å². The summed E-state index contributed by atoms with van der Waals surface area (Å²) < 4.78 is 5.17. The summed E-state index contributed by atoms with van der Waals surface area (Å²) in [6, 6.07) is 15.4. The lowest BCUT2D eigenvalue weighted by molar-refractivity contribution is -0.133. The summed E-state index contributed by atoms with van der Waals surface area (Å²) >= 11 is 0. The van der Waals surface area contributed by atoms with E-state index in [4.69, 9.17) is 4.74 Å². The molecule has 0 unspecified atom stereocenters. The minimum atomic E-state index is -0.533. The lowest BCUT2D eigenvalue weighted by atomic mass is 10.1. The molecule has 134 valence electrons. The normalized spacial score (nSPS) is 10.7. The van der Waals surface area contributed by atoms with Gasteiger partial charge in [-0.25, -0.2) is 4.79 Å². The van der Waals surface area contributed by atoms with E-state index in [0.29, 0.717) is 12.2 Å². The van der Waals surface area contributed by atoms with Gasteiger partial charge in [-0.05, 0) is 37.1 Å². The van der Waals surface area contributed by atoms with Gasteiger partial charge in [0.15, 0.2) is 6.61 Å². The van der Waals surface area contributed by atoms with E-state index >= 15 is 0 Å². The summed E-state index contributed by atoms with van der Waals surface area (Å²) in [5.74, 6) is -0.774. The van der Waals surface area contributed by atoms with Crippen molar-refractivity contribution in [2.75, 3.05) is 13.7 Å². The van der Waals surface area contributed by atoms with Crippen molar-refractivity contribution in [3.8, 4) is 0 Å². The smallest absolute Gasteiger partial charge is 0.355 e. The molecule has 5 heteroatoms. The number of benzene rings is 2. The van der Waals surface area contributed by atoms with E-state index in [1.807, 2.05) is 50.2 Å². The van der Waals surface area contributed by atoms with Gasteiger partial charge in [0, 0.05) is 24.5 Å². The Kier molecular flexibility index (Phi) is 5.07. The van der Waals surface area contributed by atoms with Gasteiger partial charge in [0.25, 0.3) is 5.91 Å². The molecule has 2 aromatic carbocycles. The molecule has 0 radical (unpaired) electrons. The largest absolute Gasteiger partial charge is 0.451 e. The molecule has 0 saturated carbocycles. The average molecular weight is 350 g/mol. The molecule has 1 amide bonds. The fourth-order valence-corrected chi connectivity index (χ4v) is 2.87. The molecular weight excluding hydrogens is 328 g/mol. The quantitative estimate of drug-likeness (QED) is 0.715. The Labute approximate surface area is 152 Å². The molecule has 5 nitrogen and oxygen atoms in total. The van der Waals surface area contributed by atoms with Gasteiger partial charge >= 0.3 is 5.97 Å². The Hall–Kier alpha value is -3.08. The van der Waals surface area contributed by atoms with Crippen LogP contribution in [0.4, 0.5) is 0 Å². The third kappa shape index (κ3) is 3.94. The number of hydrogen-bond donors (Lipinski definition) is 1. The summed E-state index contributed by atoms with van der Waals surface area (Å²) in [5.41, 5.74) is 4.61. The molecule has 0 bridgehead atoms. The van der Waals surface area contributed by atoms with Crippen molar-refractivity contribution in [1.82, 2.24) is 9.88 Å². The number of aromatic amines is 1. The maximum atomic E-state index is 12.3. The third-order valence-corrected chi connectivity index (χ3v) is 4.41. The van der Waals surface area contributed by atoms with Crippen LogP contribution in [0.3, 0.4) is 0 Å². The molecule has 26 heavy (non-hydrogen) atoms. The van der Waals surface area contributed by atoms with Crippen LogP contribution in [-0.4, -0.2) is 35.4 Å². The summed E-state index contributed by atoms with van der Waals surface area (Å²) in [4.78, 5) is 29.0. The number of fused-ring (bicyclic) bond motifs is 1. The number of hydrogen-bond acceptors (Lipinski definition) is 3. The molecule has 0 aliphatic rings. The van der Waals surface area contributed by atoms with E-state index in [2.05, 4.69) is 11.1 Å². The topological polar surface area (TPSA) is 62.4 Å². The standard InChI is InChI=1S/C21H22N2O3/c1-14-8-9-17(15(2)10-14)12-23(3)20(24)13-26-21(25)19-11-16-6-4-5-7-18(16)22-19/h4-11,22H,12-13H2,1-3H3. The fraction of sp³-hybridized carbons (Fsp3) is 0.238. The van der Waals surface area contributed by atoms with E-state index in [-0.39, 0.29) is 12.5 Å². The zero-order valence-electron chi connectivity index (χ0n) is 15.2. The Bertz CT molecular complexity index is 926. The average Bonchev–Trinajstić information content (AvgIpc) is 3.06. The number of likely N-dealkylation sites (N-methyl/N-ethyl adjacent to an activating group) is 1. The van der Waals surface area contributed by atoms with E-state index in [1.165, 1.54) is 5.56 Å². The lowest BCUT2D eigenvalue weighted by Gasteiger charge is -2.18. The molecule has 0 aliphatic carbocycles. The van der Waals surface area contributed by atoms with Crippen LogP contribution in [0.2, 0.25) is 0 Å². The number of aryl methyl sites for hydroxylation is 2. The zero-order valence-corrected chi connectivity index (χ0v) is 15.2. The number of H-pyrrole nitrogens is 1. The number of carbonyl (C=O) groups excluding carboxylic acids is 2. The maximum absolute atomic E-state index is 12.3. The highest BCUT2D eigenvalue weighted by Crippen LogP contribution is 2.16. The summed E-state index contributed by atoms with van der Waals surface area (Å²) in [6.45, 7) is 4.26. The molecule has 0 fully saturated rings. The second-order valence-corrected chi connectivity index (χ2v) is 6.53. The predicted molar refractivity (Wildman–Crippen MR) is 101 cm³/mol. The molecule has 1 aromatic heterocycles. The van der Waals surface area contributed by atoms with Crippen molar-refractivity contribution in [2.45, 2.75) is 20.4 Å². The Balaban J connectivity index is 1.58. The number of carbonyl (C=O) groups is 2. The monoisotopic (exact) mass is 350 g/mol. The number of para-hydroxylation sites is 1. The number of nitrogens with one attached hydrogen (secondary N) is 1. The Morgan fingerprint density at radius 3 is 2.58 bits per heavy atom. The van der Waals surface area contributed by atoms with Crippen molar-refractivity contribution in [1.29, 1.82) is 0 Å². The van der Waals surface area contributed by atoms with Gasteiger partial charge in [-0.3, -0.25) is 4.79 Å². The van der Waals surface area contributed by atoms with E-state index in [0.717, 1.165) is 22.0 Å². The first-order chi connectivity index (χ1) is 12.4. The second-order valence-electron chi connectivity index (χ2n) is 6.53. The minimum absolute atomic E-state index is 0.241. The fourth-order valence-electron chi connectivity index (χ4n) is 2.87. The number of aromatic nitrogens is 1. The van der Waals surface area contributed by atoms with Crippen molar-refractivity contribution in [3.63, 3.8) is 0 Å². The summed E-state index contributed by atoms with van der Waals surface area (Å²) in [7, 11) is 1.71. The van der Waals surface area contributed by atoms with Crippen LogP contribution >= 0.6 is 0 Å². The number of esters is 1. The Morgan fingerprint density at radius 2 is 1.85 bits per heavy atom. The van der Waals surface area contributed by atoms with E-state index < -0.39 is 5.97 Å². The molecule has 0 aliphatic heterocycles. The van der Waals surface area contributed by atoms with Crippen LogP contribution in [0.5, 0.6) is 0 Å². The maximum Gasteiger partial charge on any atom is 0.355 e. The molecule has 0 atom stereocenters. The van der Waals surface area contributed by atoms with Crippen LogP contribution in [0.15, 0.2) is 48.5 Å². The highest BCUT2D eigenvalue weighted by atomic mass is 16.5. The molecule has 0 spiro atoms. The van der Waals surface area contributed by atoms with Gasteiger partial charge in [0.2, 0.25) is 0 Å². The van der Waals surface area contributed by atoms with Gasteiger partial charge < -0.3 is 14.6 Å². The van der Waals surface area contributed by atoms with Gasteiger partial charge in [-0.15, -0.1) is 0 Å². The van der Waals surface area contributed by atoms with E-state index in [9.17, 15) is 9.59 Å². The molecular formula is C21H22N2O3. The molecule has 3 aromatic rings. The zero-order chi connectivity index (χ0) is 18.7. The minimum Gasteiger partial charge on any atom is -0.451 e. The third-order valence-electron chi connectivity index (χ3n) is 4.41. The van der Waals surface area contributed by atoms with E-state index in [1.54, 1.807) is 18.0 Å². The highest BCUT2D eigenvalue weighted by Gasteiger charge is 2.16. The van der Waals surface area contributed by atoms with Gasteiger partial charge in [0.05, 0.1) is 0 Å². The number of nitrogens with zero attached hydrogens (tertiary/aromatic N) is 1. The Morgan fingerprint density at radius 1 is 1.08 bits per heavy atom. The highest BCUT2D eigenvalue weighted by molar-refractivity contribution is 5.95. The summed E-state index contributed by atoms with van der Waals surface area (Å²) in [5, 5.41) is 0.928. The SMILES string of the molecule is Cc1ccc(CN(C)C(=O)COC(=O)c2cc3ccccc3[nH]2)c(C)c1. The number of amides is 1. The molecule has 1 heterocycles. The van der Waals surface area contributed by atoms with Gasteiger partial charge in [-0.2, -0.15) is 0 Å². The predicted octanol–water partition coefficient (Wildman–Crippen LogP) is 3.60. The number of rotatable bonds is 5. The first kappa shape index (κ1) is 17.7. The molecule has 0 saturated heterocycles.